The minimum atomic E-state index is -1.03. The Morgan fingerprint density at radius 1 is 1.39 bits per heavy atom. The maximum Gasteiger partial charge on any atom is 0.326 e. The van der Waals surface area contributed by atoms with Gasteiger partial charge in [0.05, 0.1) is 5.69 Å². The number of aromatic nitrogens is 2. The van der Waals surface area contributed by atoms with Crippen LogP contribution in [0, 0.1) is 0 Å². The van der Waals surface area contributed by atoms with Crippen LogP contribution in [0.2, 0.25) is 0 Å². The molecule has 0 saturated heterocycles. The van der Waals surface area contributed by atoms with Gasteiger partial charge in [-0.3, -0.25) is 9.48 Å². The van der Waals surface area contributed by atoms with Crippen molar-refractivity contribution in [3.63, 3.8) is 0 Å². The SMILES string of the molecule is CC(C)c1cc(C(=O)N(C)C(C)C(=O)O)n(C)n1. The van der Waals surface area contributed by atoms with Crippen molar-refractivity contribution < 1.29 is 14.7 Å². The zero-order valence-electron chi connectivity index (χ0n) is 11.3. The molecule has 18 heavy (non-hydrogen) atoms. The number of nitrogens with zero attached hydrogens (tertiary/aromatic N) is 3. The molecule has 6 nitrogen and oxygen atoms in total. The van der Waals surface area contributed by atoms with Gasteiger partial charge in [0.25, 0.3) is 5.91 Å². The highest BCUT2D eigenvalue weighted by molar-refractivity contribution is 5.95. The van der Waals surface area contributed by atoms with E-state index in [2.05, 4.69) is 5.10 Å². The van der Waals surface area contributed by atoms with Crippen molar-refractivity contribution >= 4 is 11.9 Å². The molecular formula is C12H19N3O3. The number of carbonyl (C=O) groups is 2. The Morgan fingerprint density at radius 3 is 2.33 bits per heavy atom. The third kappa shape index (κ3) is 2.69. The summed E-state index contributed by atoms with van der Waals surface area (Å²) < 4.78 is 1.49. The number of amides is 1. The van der Waals surface area contributed by atoms with Crippen molar-refractivity contribution in [1.82, 2.24) is 14.7 Å². The summed E-state index contributed by atoms with van der Waals surface area (Å²) in [5.74, 6) is -1.15. The summed E-state index contributed by atoms with van der Waals surface area (Å²) in [7, 11) is 3.15. The average Bonchev–Trinajstić information content (AvgIpc) is 2.68. The summed E-state index contributed by atoms with van der Waals surface area (Å²) in [4.78, 5) is 24.2. The van der Waals surface area contributed by atoms with E-state index in [-0.39, 0.29) is 11.8 Å². The zero-order valence-corrected chi connectivity index (χ0v) is 11.3. The maximum absolute atomic E-state index is 12.1. The van der Waals surface area contributed by atoms with Crippen molar-refractivity contribution in [2.45, 2.75) is 32.7 Å². The van der Waals surface area contributed by atoms with Crippen LogP contribution in [0.15, 0.2) is 6.07 Å². The molecule has 0 aromatic carbocycles. The molecule has 6 heteroatoms. The molecule has 0 bridgehead atoms. The number of hydrogen-bond donors (Lipinski definition) is 1. The van der Waals surface area contributed by atoms with Gasteiger partial charge >= 0.3 is 5.97 Å². The first-order chi connectivity index (χ1) is 8.25. The number of likely N-dealkylation sites (N-methyl/N-ethyl adjacent to an activating group) is 1. The van der Waals surface area contributed by atoms with Crippen LogP contribution in [0.1, 0.15) is 42.9 Å². The normalized spacial score (nSPS) is 12.6. The fraction of sp³-hybridized carbons (Fsp3) is 0.583. The zero-order chi connectivity index (χ0) is 14.0. The molecule has 1 unspecified atom stereocenters. The van der Waals surface area contributed by atoms with Crippen LogP contribution in [0.5, 0.6) is 0 Å². The quantitative estimate of drug-likeness (QED) is 0.871. The van der Waals surface area contributed by atoms with E-state index in [4.69, 9.17) is 5.11 Å². The van der Waals surface area contributed by atoms with Crippen LogP contribution >= 0.6 is 0 Å². The van der Waals surface area contributed by atoms with Gasteiger partial charge in [-0.2, -0.15) is 5.10 Å². The first-order valence-corrected chi connectivity index (χ1v) is 5.79. The largest absolute Gasteiger partial charge is 0.480 e. The molecule has 0 aliphatic carbocycles. The van der Waals surface area contributed by atoms with Gasteiger partial charge in [0.2, 0.25) is 0 Å². The molecule has 0 spiro atoms. The molecule has 0 fully saturated rings. The van der Waals surface area contributed by atoms with Crippen molar-refractivity contribution in [2.75, 3.05) is 7.05 Å². The number of hydrogen-bond acceptors (Lipinski definition) is 3. The van der Waals surface area contributed by atoms with Gasteiger partial charge in [-0.25, -0.2) is 4.79 Å². The molecule has 0 saturated carbocycles. The van der Waals surface area contributed by atoms with Crippen LogP contribution in [0.25, 0.3) is 0 Å². The standard InChI is InChI=1S/C12H19N3O3/c1-7(2)9-6-10(15(5)13-9)11(16)14(4)8(3)12(17)18/h6-8H,1-5H3,(H,17,18). The van der Waals surface area contributed by atoms with Gasteiger partial charge in [-0.1, -0.05) is 13.8 Å². The Balaban J connectivity index is 3.00. The summed E-state index contributed by atoms with van der Waals surface area (Å²) in [5.41, 5.74) is 1.21. The molecule has 100 valence electrons. The molecule has 0 radical (unpaired) electrons. The van der Waals surface area contributed by atoms with Gasteiger partial charge in [-0.15, -0.1) is 0 Å². The lowest BCUT2D eigenvalue weighted by Crippen LogP contribution is -2.40. The van der Waals surface area contributed by atoms with E-state index in [1.54, 1.807) is 13.1 Å². The lowest BCUT2D eigenvalue weighted by Gasteiger charge is -2.21. The van der Waals surface area contributed by atoms with Crippen LogP contribution in [-0.4, -0.2) is 44.8 Å². The Morgan fingerprint density at radius 2 is 1.94 bits per heavy atom. The van der Waals surface area contributed by atoms with Crippen LogP contribution in [-0.2, 0) is 11.8 Å². The highest BCUT2D eigenvalue weighted by Gasteiger charge is 2.25. The topological polar surface area (TPSA) is 75.4 Å². The fourth-order valence-corrected chi connectivity index (χ4v) is 1.49. The van der Waals surface area contributed by atoms with E-state index in [0.29, 0.717) is 5.69 Å². The van der Waals surface area contributed by atoms with Gasteiger partial charge in [0.15, 0.2) is 0 Å². The molecule has 1 atom stereocenters. The van der Waals surface area contributed by atoms with E-state index in [1.807, 2.05) is 13.8 Å². The van der Waals surface area contributed by atoms with Crippen molar-refractivity contribution in [3.8, 4) is 0 Å². The molecule has 1 heterocycles. The Labute approximate surface area is 106 Å². The van der Waals surface area contributed by atoms with E-state index in [9.17, 15) is 9.59 Å². The van der Waals surface area contributed by atoms with Gasteiger partial charge in [-0.05, 0) is 18.9 Å². The van der Waals surface area contributed by atoms with Crippen LogP contribution in [0.4, 0.5) is 0 Å². The second-order valence-corrected chi connectivity index (χ2v) is 4.66. The number of carbonyl (C=O) groups excluding carboxylic acids is 1. The summed E-state index contributed by atoms with van der Waals surface area (Å²) in [6.45, 7) is 5.44. The number of aryl methyl sites for hydroxylation is 1. The Hall–Kier alpha value is -1.85. The predicted octanol–water partition coefficient (Wildman–Crippen LogP) is 1.09. The van der Waals surface area contributed by atoms with Crippen LogP contribution in [0.3, 0.4) is 0 Å². The van der Waals surface area contributed by atoms with Crippen molar-refractivity contribution in [3.05, 3.63) is 17.5 Å². The molecule has 1 N–H and O–H groups in total. The summed E-state index contributed by atoms with van der Waals surface area (Å²) in [6, 6.07) is 0.841. The average molecular weight is 253 g/mol. The minimum Gasteiger partial charge on any atom is -0.480 e. The second kappa shape index (κ2) is 5.20. The Bertz CT molecular complexity index is 465. The first kappa shape index (κ1) is 14.2. The minimum absolute atomic E-state index is 0.222. The molecule has 1 aromatic rings. The summed E-state index contributed by atoms with van der Waals surface area (Å²) >= 11 is 0. The van der Waals surface area contributed by atoms with Crippen molar-refractivity contribution in [1.29, 1.82) is 0 Å². The highest BCUT2D eigenvalue weighted by Crippen LogP contribution is 2.15. The third-order valence-corrected chi connectivity index (χ3v) is 2.97. The predicted molar refractivity (Wildman–Crippen MR) is 66.5 cm³/mol. The molecule has 0 aliphatic heterocycles. The maximum atomic E-state index is 12.1. The van der Waals surface area contributed by atoms with E-state index < -0.39 is 12.0 Å². The van der Waals surface area contributed by atoms with E-state index in [1.165, 1.54) is 23.6 Å². The molecule has 1 rings (SSSR count). The Kier molecular flexibility index (Phi) is 4.11. The number of aliphatic carboxylic acids is 1. The van der Waals surface area contributed by atoms with Gasteiger partial charge < -0.3 is 10.0 Å². The first-order valence-electron chi connectivity index (χ1n) is 5.79. The number of carboxylic acid groups (broad SMARTS) is 1. The monoisotopic (exact) mass is 253 g/mol. The van der Waals surface area contributed by atoms with E-state index in [0.717, 1.165) is 5.69 Å². The smallest absolute Gasteiger partial charge is 0.326 e. The van der Waals surface area contributed by atoms with Crippen LogP contribution < -0.4 is 0 Å². The second-order valence-electron chi connectivity index (χ2n) is 4.66. The molecule has 0 aliphatic rings. The van der Waals surface area contributed by atoms with Gasteiger partial charge in [0, 0.05) is 14.1 Å². The third-order valence-electron chi connectivity index (χ3n) is 2.97. The van der Waals surface area contributed by atoms with Gasteiger partial charge in [0.1, 0.15) is 11.7 Å². The summed E-state index contributed by atoms with van der Waals surface area (Å²) in [5, 5.41) is 13.1. The fourth-order valence-electron chi connectivity index (χ4n) is 1.49. The summed E-state index contributed by atoms with van der Waals surface area (Å²) in [6.07, 6.45) is 0. The van der Waals surface area contributed by atoms with Crippen molar-refractivity contribution in [2.24, 2.45) is 7.05 Å². The lowest BCUT2D eigenvalue weighted by molar-refractivity contribution is -0.141. The molecule has 1 aromatic heterocycles. The van der Waals surface area contributed by atoms with E-state index >= 15 is 0 Å². The lowest BCUT2D eigenvalue weighted by atomic mass is 10.1. The highest BCUT2D eigenvalue weighted by atomic mass is 16.4. The number of rotatable bonds is 4. The molecular weight excluding hydrogens is 234 g/mol. The molecule has 1 amide bonds. The number of carboxylic acids is 1.